The maximum Gasteiger partial charge on any atom is 0.220 e. The van der Waals surface area contributed by atoms with Gasteiger partial charge in [-0.05, 0) is 43.7 Å². The largest absolute Gasteiger partial charge is 0.399 e. The van der Waals surface area contributed by atoms with Gasteiger partial charge in [-0.15, -0.1) is 0 Å². The number of amides is 1. The molecule has 1 amide bonds. The number of rotatable bonds is 5. The summed E-state index contributed by atoms with van der Waals surface area (Å²) >= 11 is 0. The normalized spacial score (nSPS) is 16.9. The predicted molar refractivity (Wildman–Crippen MR) is 74.1 cm³/mol. The van der Waals surface area contributed by atoms with Crippen LogP contribution in [-0.2, 0) is 11.2 Å². The first kappa shape index (κ1) is 12.9. The van der Waals surface area contributed by atoms with E-state index in [1.807, 2.05) is 24.3 Å². The molecule has 98 valence electrons. The van der Waals surface area contributed by atoms with E-state index < -0.39 is 0 Å². The van der Waals surface area contributed by atoms with E-state index in [1.165, 1.54) is 19.3 Å². The van der Waals surface area contributed by atoms with Gasteiger partial charge in [0.2, 0.25) is 5.91 Å². The molecule has 0 aromatic heterocycles. The maximum atomic E-state index is 11.8. The van der Waals surface area contributed by atoms with Crippen LogP contribution < -0.4 is 11.1 Å². The average molecular weight is 246 g/mol. The van der Waals surface area contributed by atoms with Crippen LogP contribution >= 0.6 is 0 Å². The molecule has 0 bridgehead atoms. The topological polar surface area (TPSA) is 55.1 Å². The molecule has 1 saturated carbocycles. The van der Waals surface area contributed by atoms with E-state index in [0.717, 1.165) is 17.7 Å². The highest BCUT2D eigenvalue weighted by Gasteiger charge is 2.24. The van der Waals surface area contributed by atoms with Gasteiger partial charge in [-0.25, -0.2) is 0 Å². The molecule has 0 spiro atoms. The minimum absolute atomic E-state index is 0.137. The van der Waals surface area contributed by atoms with Crippen molar-refractivity contribution >= 4 is 11.6 Å². The molecule has 1 fully saturated rings. The molecular weight excluding hydrogens is 224 g/mol. The predicted octanol–water partition coefficient (Wildman–Crippen LogP) is 2.51. The highest BCUT2D eigenvalue weighted by Crippen LogP contribution is 2.29. The lowest BCUT2D eigenvalue weighted by atomic mass is 9.80. The van der Waals surface area contributed by atoms with Crippen LogP contribution in [0.25, 0.3) is 0 Å². The van der Waals surface area contributed by atoms with Gasteiger partial charge in [-0.3, -0.25) is 4.79 Å². The monoisotopic (exact) mass is 246 g/mol. The van der Waals surface area contributed by atoms with E-state index in [9.17, 15) is 4.79 Å². The van der Waals surface area contributed by atoms with Crippen molar-refractivity contribution in [1.29, 1.82) is 0 Å². The summed E-state index contributed by atoms with van der Waals surface area (Å²) in [6.45, 7) is 2.11. The zero-order chi connectivity index (χ0) is 13.0. The fourth-order valence-corrected chi connectivity index (χ4v) is 2.39. The van der Waals surface area contributed by atoms with E-state index in [-0.39, 0.29) is 5.91 Å². The van der Waals surface area contributed by atoms with Gasteiger partial charge >= 0.3 is 0 Å². The van der Waals surface area contributed by atoms with E-state index >= 15 is 0 Å². The lowest BCUT2D eigenvalue weighted by molar-refractivity contribution is -0.122. The van der Waals surface area contributed by atoms with Crippen LogP contribution in [0.4, 0.5) is 5.69 Å². The summed E-state index contributed by atoms with van der Waals surface area (Å²) in [7, 11) is 0. The number of nitrogens with two attached hydrogens (primary N) is 1. The number of carbonyl (C=O) groups excluding carboxylic acids is 1. The van der Waals surface area contributed by atoms with Crippen LogP contribution in [0.2, 0.25) is 0 Å². The van der Waals surface area contributed by atoms with Crippen molar-refractivity contribution in [3.8, 4) is 0 Å². The number of hydrogen-bond donors (Lipinski definition) is 2. The van der Waals surface area contributed by atoms with E-state index in [4.69, 9.17) is 5.73 Å². The highest BCUT2D eigenvalue weighted by atomic mass is 16.1. The number of benzene rings is 1. The van der Waals surface area contributed by atoms with Gasteiger partial charge < -0.3 is 11.1 Å². The molecule has 0 saturated heterocycles. The summed E-state index contributed by atoms with van der Waals surface area (Å²) in [5, 5.41) is 3.09. The molecule has 0 radical (unpaired) electrons. The minimum Gasteiger partial charge on any atom is -0.399 e. The lowest BCUT2D eigenvalue weighted by Crippen LogP contribution is -2.40. The third kappa shape index (κ3) is 3.25. The van der Waals surface area contributed by atoms with Crippen LogP contribution in [0, 0.1) is 5.92 Å². The molecule has 18 heavy (non-hydrogen) atoms. The van der Waals surface area contributed by atoms with Gasteiger partial charge in [0.25, 0.3) is 0 Å². The first-order valence-electron chi connectivity index (χ1n) is 6.79. The Hall–Kier alpha value is -1.51. The zero-order valence-electron chi connectivity index (χ0n) is 11.0. The molecule has 1 aliphatic rings. The van der Waals surface area contributed by atoms with Crippen molar-refractivity contribution in [3.63, 3.8) is 0 Å². The second kappa shape index (κ2) is 5.89. The number of anilines is 1. The van der Waals surface area contributed by atoms with Crippen molar-refractivity contribution in [2.24, 2.45) is 5.92 Å². The van der Waals surface area contributed by atoms with Crippen molar-refractivity contribution in [2.75, 3.05) is 5.73 Å². The Kier molecular flexibility index (Phi) is 4.24. The quantitative estimate of drug-likeness (QED) is 0.784. The van der Waals surface area contributed by atoms with Crippen LogP contribution in [0.3, 0.4) is 0 Å². The summed E-state index contributed by atoms with van der Waals surface area (Å²) in [4.78, 5) is 11.8. The van der Waals surface area contributed by atoms with E-state index in [2.05, 4.69) is 12.2 Å². The highest BCUT2D eigenvalue weighted by molar-refractivity contribution is 5.76. The molecule has 1 unspecified atom stereocenters. The Balaban J connectivity index is 1.76. The summed E-state index contributed by atoms with van der Waals surface area (Å²) in [6.07, 6.45) is 5.06. The summed E-state index contributed by atoms with van der Waals surface area (Å²) in [6, 6.07) is 8.06. The van der Waals surface area contributed by atoms with Crippen LogP contribution in [0.1, 0.15) is 38.2 Å². The maximum absolute atomic E-state index is 11.8. The van der Waals surface area contributed by atoms with Gasteiger partial charge in [0.15, 0.2) is 0 Å². The fourth-order valence-electron chi connectivity index (χ4n) is 2.39. The SMILES string of the molecule is CC(NC(=O)CCc1ccccc1N)C1CCC1. The summed E-state index contributed by atoms with van der Waals surface area (Å²) < 4.78 is 0. The first-order valence-corrected chi connectivity index (χ1v) is 6.79. The first-order chi connectivity index (χ1) is 8.66. The van der Waals surface area contributed by atoms with Crippen molar-refractivity contribution in [3.05, 3.63) is 29.8 Å². The number of aryl methyl sites for hydroxylation is 1. The Morgan fingerprint density at radius 2 is 2.17 bits per heavy atom. The zero-order valence-corrected chi connectivity index (χ0v) is 11.0. The molecule has 3 heteroatoms. The molecule has 2 rings (SSSR count). The van der Waals surface area contributed by atoms with Gasteiger partial charge in [-0.1, -0.05) is 24.6 Å². The van der Waals surface area contributed by atoms with Gasteiger partial charge in [0.05, 0.1) is 0 Å². The van der Waals surface area contributed by atoms with Crippen LogP contribution in [0.15, 0.2) is 24.3 Å². The molecule has 1 aliphatic carbocycles. The summed E-state index contributed by atoms with van der Waals surface area (Å²) in [5.74, 6) is 0.827. The number of para-hydroxylation sites is 1. The molecule has 1 aromatic rings. The Morgan fingerprint density at radius 3 is 2.78 bits per heavy atom. The third-order valence-electron chi connectivity index (χ3n) is 3.92. The lowest BCUT2D eigenvalue weighted by Gasteiger charge is -2.31. The molecule has 3 nitrogen and oxygen atoms in total. The van der Waals surface area contributed by atoms with Crippen LogP contribution in [-0.4, -0.2) is 11.9 Å². The molecular formula is C15H22N2O. The minimum atomic E-state index is 0.137. The molecule has 1 aromatic carbocycles. The number of hydrogen-bond acceptors (Lipinski definition) is 2. The smallest absolute Gasteiger partial charge is 0.220 e. The molecule has 0 heterocycles. The van der Waals surface area contributed by atoms with Crippen molar-refractivity contribution in [1.82, 2.24) is 5.32 Å². The van der Waals surface area contributed by atoms with E-state index in [1.54, 1.807) is 0 Å². The number of nitrogens with one attached hydrogen (secondary N) is 1. The number of carbonyl (C=O) groups is 1. The van der Waals surface area contributed by atoms with Gasteiger partial charge in [0, 0.05) is 18.2 Å². The Labute approximate surface area is 109 Å². The standard InChI is InChI=1S/C15H22N2O/c1-11(12-6-4-7-12)17-15(18)10-9-13-5-2-3-8-14(13)16/h2-3,5,8,11-12H,4,6-7,9-10,16H2,1H3,(H,17,18). The average Bonchev–Trinajstić information content (AvgIpc) is 2.25. The number of nitrogen functional groups attached to an aromatic ring is 1. The second-order valence-electron chi connectivity index (χ2n) is 5.25. The third-order valence-corrected chi connectivity index (χ3v) is 3.92. The Morgan fingerprint density at radius 1 is 1.44 bits per heavy atom. The fraction of sp³-hybridized carbons (Fsp3) is 0.533. The van der Waals surface area contributed by atoms with Gasteiger partial charge in [-0.2, -0.15) is 0 Å². The molecule has 0 aliphatic heterocycles. The second-order valence-corrected chi connectivity index (χ2v) is 5.25. The summed E-state index contributed by atoms with van der Waals surface area (Å²) in [5.41, 5.74) is 7.69. The molecule has 3 N–H and O–H groups in total. The van der Waals surface area contributed by atoms with Crippen LogP contribution in [0.5, 0.6) is 0 Å². The van der Waals surface area contributed by atoms with Crippen molar-refractivity contribution in [2.45, 2.75) is 45.1 Å². The van der Waals surface area contributed by atoms with Gasteiger partial charge in [0.1, 0.15) is 0 Å². The van der Waals surface area contributed by atoms with Crippen molar-refractivity contribution < 1.29 is 4.79 Å². The molecule has 1 atom stereocenters. The van der Waals surface area contributed by atoms with E-state index in [0.29, 0.717) is 18.4 Å². The Bertz CT molecular complexity index is 413.